The Bertz CT molecular complexity index is 1160. The van der Waals surface area contributed by atoms with E-state index in [0.29, 0.717) is 5.56 Å². The summed E-state index contributed by atoms with van der Waals surface area (Å²) in [5.41, 5.74) is 8.33. The van der Waals surface area contributed by atoms with E-state index in [9.17, 15) is 4.79 Å². The maximum Gasteiger partial charge on any atom is 0.335 e. The average Bonchev–Trinajstić information content (AvgIpc) is 2.77. The lowest BCUT2D eigenvalue weighted by Gasteiger charge is -2.43. The average molecular weight is 426 g/mol. The van der Waals surface area contributed by atoms with Crippen molar-refractivity contribution in [3.8, 4) is 11.1 Å². The largest absolute Gasteiger partial charge is 0.478 e. The van der Waals surface area contributed by atoms with Crippen molar-refractivity contribution in [3.05, 3.63) is 94.8 Å². The number of carboxylic acid groups (broad SMARTS) is 1. The number of hydrogen-bond acceptors (Lipinski definition) is 2. The number of pyridine rings is 1. The quantitative estimate of drug-likeness (QED) is 0.476. The van der Waals surface area contributed by atoms with Gasteiger partial charge in [-0.3, -0.25) is 4.98 Å². The first-order valence-corrected chi connectivity index (χ1v) is 11.3. The third kappa shape index (κ3) is 4.38. The van der Waals surface area contributed by atoms with Crippen molar-refractivity contribution in [2.45, 2.75) is 57.8 Å². The van der Waals surface area contributed by atoms with E-state index in [2.05, 4.69) is 69.1 Å². The molecule has 1 aliphatic carbocycles. The molecule has 3 aromatic rings. The second-order valence-corrected chi connectivity index (χ2v) is 10.1. The van der Waals surface area contributed by atoms with Crippen molar-refractivity contribution in [1.29, 1.82) is 0 Å². The molecule has 164 valence electrons. The molecular formula is C29H31NO2. The molecule has 1 heterocycles. The van der Waals surface area contributed by atoms with Gasteiger partial charge in [0.05, 0.1) is 5.56 Å². The predicted molar refractivity (Wildman–Crippen MR) is 131 cm³/mol. The molecule has 1 aromatic heterocycles. The molecule has 0 aliphatic heterocycles. The molecule has 0 amide bonds. The lowest BCUT2D eigenvalue weighted by Crippen LogP contribution is -2.34. The molecule has 0 bridgehead atoms. The second kappa shape index (κ2) is 8.38. The van der Waals surface area contributed by atoms with Crippen LogP contribution in [0.2, 0.25) is 0 Å². The van der Waals surface area contributed by atoms with E-state index in [1.54, 1.807) is 12.1 Å². The summed E-state index contributed by atoms with van der Waals surface area (Å²) in [7, 11) is 0. The molecule has 1 N–H and O–H groups in total. The Morgan fingerprint density at radius 1 is 0.969 bits per heavy atom. The van der Waals surface area contributed by atoms with Crippen LogP contribution in [0.15, 0.2) is 67.0 Å². The minimum Gasteiger partial charge on any atom is -0.478 e. The van der Waals surface area contributed by atoms with Gasteiger partial charge in [0.25, 0.3) is 0 Å². The molecule has 0 spiro atoms. The van der Waals surface area contributed by atoms with E-state index in [1.807, 2.05) is 24.5 Å². The Balaban J connectivity index is 1.73. The molecule has 4 rings (SSSR count). The summed E-state index contributed by atoms with van der Waals surface area (Å²) in [5.74, 6) is -0.899. The van der Waals surface area contributed by atoms with E-state index in [0.717, 1.165) is 12.0 Å². The molecule has 3 nitrogen and oxygen atoms in total. The normalized spacial score (nSPS) is 16.6. The monoisotopic (exact) mass is 425 g/mol. The molecule has 0 radical (unpaired) electrons. The molecule has 0 unspecified atom stereocenters. The standard InChI is InChI=1S/C29H31NO2/c1-28(2)14-15-29(3,4)26-24(22-12-16-30-17-13-22)18-21(19-25(26)28)7-5-6-20-8-10-23(11-9-20)27(31)32/h5-6,8-13,16-19H,7,14-15H2,1-4H3,(H,31,32)/b6-5-. The van der Waals surface area contributed by atoms with Crippen molar-refractivity contribution in [1.82, 2.24) is 4.98 Å². The van der Waals surface area contributed by atoms with Crippen molar-refractivity contribution in [2.24, 2.45) is 0 Å². The Labute approximate surface area is 190 Å². The number of benzene rings is 2. The summed E-state index contributed by atoms with van der Waals surface area (Å²) in [6.45, 7) is 9.46. The van der Waals surface area contributed by atoms with Crippen LogP contribution in [0.4, 0.5) is 0 Å². The van der Waals surface area contributed by atoms with Crippen molar-refractivity contribution >= 4 is 12.0 Å². The molecular weight excluding hydrogens is 394 g/mol. The summed E-state index contributed by atoms with van der Waals surface area (Å²) in [6.07, 6.45) is 11.1. The number of allylic oxidation sites excluding steroid dienone is 1. The van der Waals surface area contributed by atoms with Gasteiger partial charge in [0, 0.05) is 12.4 Å². The first-order valence-electron chi connectivity index (χ1n) is 11.3. The first-order chi connectivity index (χ1) is 15.2. The fourth-order valence-corrected chi connectivity index (χ4v) is 4.79. The number of aromatic nitrogens is 1. The number of hydrogen-bond donors (Lipinski definition) is 1. The number of fused-ring (bicyclic) bond motifs is 1. The second-order valence-electron chi connectivity index (χ2n) is 10.1. The van der Waals surface area contributed by atoms with Gasteiger partial charge in [-0.15, -0.1) is 0 Å². The lowest BCUT2D eigenvalue weighted by molar-refractivity contribution is 0.0697. The van der Waals surface area contributed by atoms with Gasteiger partial charge in [-0.2, -0.15) is 0 Å². The third-order valence-electron chi connectivity index (χ3n) is 6.79. The van der Waals surface area contributed by atoms with Crippen molar-refractivity contribution < 1.29 is 9.90 Å². The van der Waals surface area contributed by atoms with E-state index in [4.69, 9.17) is 5.11 Å². The summed E-state index contributed by atoms with van der Waals surface area (Å²) in [5, 5.41) is 9.07. The predicted octanol–water partition coefficient (Wildman–Crippen LogP) is 7.05. The van der Waals surface area contributed by atoms with Gasteiger partial charge in [-0.1, -0.05) is 64.1 Å². The highest BCUT2D eigenvalue weighted by molar-refractivity contribution is 5.87. The summed E-state index contributed by atoms with van der Waals surface area (Å²) < 4.78 is 0. The molecule has 0 atom stereocenters. The van der Waals surface area contributed by atoms with Crippen molar-refractivity contribution in [3.63, 3.8) is 0 Å². The molecule has 32 heavy (non-hydrogen) atoms. The van der Waals surface area contributed by atoms with Gasteiger partial charge >= 0.3 is 5.97 Å². The molecule has 0 saturated heterocycles. The van der Waals surface area contributed by atoms with E-state index in [-0.39, 0.29) is 10.8 Å². The van der Waals surface area contributed by atoms with Gasteiger partial charge in [0.1, 0.15) is 0 Å². The van der Waals surface area contributed by atoms with Gasteiger partial charge in [0.2, 0.25) is 0 Å². The third-order valence-corrected chi connectivity index (χ3v) is 6.79. The first kappa shape index (κ1) is 22.0. The van der Waals surface area contributed by atoms with E-state index < -0.39 is 5.97 Å². The van der Waals surface area contributed by atoms with Crippen LogP contribution >= 0.6 is 0 Å². The fourth-order valence-electron chi connectivity index (χ4n) is 4.79. The zero-order valence-electron chi connectivity index (χ0n) is 19.4. The Kier molecular flexibility index (Phi) is 5.77. The summed E-state index contributed by atoms with van der Waals surface area (Å²) in [6, 6.07) is 15.9. The Hall–Kier alpha value is -3.20. The zero-order valence-corrected chi connectivity index (χ0v) is 19.4. The van der Waals surface area contributed by atoms with Gasteiger partial charge in [0.15, 0.2) is 0 Å². The fraction of sp³-hybridized carbons (Fsp3) is 0.310. The lowest BCUT2D eigenvalue weighted by atomic mass is 9.61. The van der Waals surface area contributed by atoms with Crippen LogP contribution < -0.4 is 0 Å². The maximum absolute atomic E-state index is 11.1. The molecule has 1 aliphatic rings. The zero-order chi connectivity index (χ0) is 22.9. The summed E-state index contributed by atoms with van der Waals surface area (Å²) >= 11 is 0. The number of carboxylic acids is 1. The van der Waals surface area contributed by atoms with Crippen LogP contribution in [0, 0.1) is 0 Å². The Morgan fingerprint density at radius 2 is 1.62 bits per heavy atom. The minimum absolute atomic E-state index is 0.129. The highest BCUT2D eigenvalue weighted by Gasteiger charge is 2.39. The number of carbonyl (C=O) groups is 1. The maximum atomic E-state index is 11.1. The topological polar surface area (TPSA) is 50.2 Å². The van der Waals surface area contributed by atoms with E-state index >= 15 is 0 Å². The number of nitrogens with zero attached hydrogens (tertiary/aromatic N) is 1. The number of aromatic carboxylic acids is 1. The summed E-state index contributed by atoms with van der Waals surface area (Å²) in [4.78, 5) is 15.3. The molecule has 2 aromatic carbocycles. The highest BCUT2D eigenvalue weighted by atomic mass is 16.4. The Morgan fingerprint density at radius 3 is 2.28 bits per heavy atom. The van der Waals surface area contributed by atoms with Gasteiger partial charge in [-0.05, 0) is 87.7 Å². The van der Waals surface area contributed by atoms with Crippen LogP contribution in [0.3, 0.4) is 0 Å². The van der Waals surface area contributed by atoms with Crippen LogP contribution in [-0.4, -0.2) is 16.1 Å². The van der Waals surface area contributed by atoms with Crippen LogP contribution in [0.25, 0.3) is 17.2 Å². The number of rotatable bonds is 5. The highest BCUT2D eigenvalue weighted by Crippen LogP contribution is 2.49. The van der Waals surface area contributed by atoms with Gasteiger partial charge in [-0.25, -0.2) is 4.79 Å². The molecule has 0 fully saturated rings. The van der Waals surface area contributed by atoms with Crippen LogP contribution in [-0.2, 0) is 17.3 Å². The molecule has 3 heteroatoms. The smallest absolute Gasteiger partial charge is 0.335 e. The van der Waals surface area contributed by atoms with E-state index in [1.165, 1.54) is 40.7 Å². The van der Waals surface area contributed by atoms with Gasteiger partial charge < -0.3 is 5.11 Å². The van der Waals surface area contributed by atoms with Crippen LogP contribution in [0.1, 0.15) is 73.1 Å². The SMILES string of the molecule is CC1(C)CCC(C)(C)c2c(-c3ccncc3)cc(C/C=C\c3ccc(C(=O)O)cc3)cc21. The minimum atomic E-state index is -0.899. The molecule has 0 saturated carbocycles. The van der Waals surface area contributed by atoms with Crippen molar-refractivity contribution in [2.75, 3.05) is 0 Å². The van der Waals surface area contributed by atoms with Crippen LogP contribution in [0.5, 0.6) is 0 Å².